The van der Waals surface area contributed by atoms with Gasteiger partial charge in [0.05, 0.1) is 24.3 Å². The number of oxime groups is 1. The summed E-state index contributed by atoms with van der Waals surface area (Å²) in [6.07, 6.45) is 6.38. The largest absolute Gasteiger partial charge is 0.500 e. The molecule has 0 fully saturated rings. The van der Waals surface area contributed by atoms with Crippen LogP contribution in [-0.2, 0) is 9.53 Å². The van der Waals surface area contributed by atoms with Crippen LogP contribution >= 0.6 is 0 Å². The van der Waals surface area contributed by atoms with E-state index in [2.05, 4.69) is 5.16 Å². The standard InChI is InChI=1S/C9H9NO3/c11-9-6(3-10-12)1-2-7-4-13-5-8(7)9/h1-4,6,8,12H,5H2. The molecule has 0 amide bonds. The van der Waals surface area contributed by atoms with Crippen molar-refractivity contribution in [3.05, 3.63) is 24.0 Å². The molecule has 13 heavy (non-hydrogen) atoms. The quantitative estimate of drug-likeness (QED) is 0.367. The van der Waals surface area contributed by atoms with Gasteiger partial charge in [-0.3, -0.25) is 4.79 Å². The first-order valence-corrected chi connectivity index (χ1v) is 4.04. The Morgan fingerprint density at radius 2 is 2.54 bits per heavy atom. The third kappa shape index (κ3) is 1.24. The van der Waals surface area contributed by atoms with Crippen LogP contribution in [0.1, 0.15) is 0 Å². The number of hydrogen-bond donors (Lipinski definition) is 1. The van der Waals surface area contributed by atoms with Crippen LogP contribution in [0.3, 0.4) is 0 Å². The fraction of sp³-hybridized carbons (Fsp3) is 0.333. The topological polar surface area (TPSA) is 58.9 Å². The molecule has 0 saturated carbocycles. The number of ether oxygens (including phenoxy) is 1. The molecule has 1 aliphatic heterocycles. The van der Waals surface area contributed by atoms with Gasteiger partial charge in [0.1, 0.15) is 6.61 Å². The summed E-state index contributed by atoms with van der Waals surface area (Å²) < 4.78 is 5.05. The molecule has 4 heteroatoms. The van der Waals surface area contributed by atoms with Crippen molar-refractivity contribution in [2.24, 2.45) is 17.0 Å². The molecule has 68 valence electrons. The second kappa shape index (κ2) is 3.05. The Kier molecular flexibility index (Phi) is 1.88. The van der Waals surface area contributed by atoms with Gasteiger partial charge in [-0.15, -0.1) is 5.16 Å². The number of allylic oxidation sites excluding steroid dienone is 2. The maximum atomic E-state index is 11.6. The Bertz CT molecular complexity index is 317. The van der Waals surface area contributed by atoms with Crippen molar-refractivity contribution >= 4 is 12.0 Å². The molecule has 1 heterocycles. The molecule has 2 unspecified atom stereocenters. The zero-order valence-corrected chi connectivity index (χ0v) is 6.88. The lowest BCUT2D eigenvalue weighted by Crippen LogP contribution is -2.28. The summed E-state index contributed by atoms with van der Waals surface area (Å²) >= 11 is 0. The molecular weight excluding hydrogens is 170 g/mol. The summed E-state index contributed by atoms with van der Waals surface area (Å²) in [6.45, 7) is 0.411. The number of fused-ring (bicyclic) bond motifs is 1. The van der Waals surface area contributed by atoms with Gasteiger partial charge >= 0.3 is 0 Å². The molecule has 0 spiro atoms. The monoisotopic (exact) mass is 179 g/mol. The van der Waals surface area contributed by atoms with Gasteiger partial charge in [-0.25, -0.2) is 0 Å². The molecule has 2 rings (SSSR count). The average Bonchev–Trinajstić information content (AvgIpc) is 2.58. The zero-order valence-electron chi connectivity index (χ0n) is 6.88. The molecule has 0 aromatic heterocycles. The normalized spacial score (nSPS) is 31.7. The summed E-state index contributed by atoms with van der Waals surface area (Å²) in [5, 5.41) is 11.2. The molecule has 0 bridgehead atoms. The second-order valence-electron chi connectivity index (χ2n) is 3.06. The molecule has 0 radical (unpaired) electrons. The number of hydrogen-bond acceptors (Lipinski definition) is 4. The third-order valence-electron chi connectivity index (χ3n) is 2.28. The molecular formula is C9H9NO3. The Labute approximate surface area is 75.2 Å². The minimum absolute atomic E-state index is 0.0315. The van der Waals surface area contributed by atoms with Crippen LogP contribution < -0.4 is 0 Å². The summed E-state index contributed by atoms with van der Waals surface area (Å²) in [5.41, 5.74) is 0.910. The van der Waals surface area contributed by atoms with Crippen molar-refractivity contribution in [1.29, 1.82) is 0 Å². The van der Waals surface area contributed by atoms with Gasteiger partial charge in [-0.05, 0) is 0 Å². The summed E-state index contributed by atoms with van der Waals surface area (Å²) in [6, 6.07) is 0. The second-order valence-corrected chi connectivity index (χ2v) is 3.06. The highest BCUT2D eigenvalue weighted by Gasteiger charge is 2.33. The van der Waals surface area contributed by atoms with Crippen molar-refractivity contribution in [2.75, 3.05) is 6.61 Å². The number of nitrogens with zero attached hydrogens (tertiary/aromatic N) is 1. The predicted octanol–water partition coefficient (Wildman–Crippen LogP) is 0.732. The van der Waals surface area contributed by atoms with E-state index in [0.717, 1.165) is 5.57 Å². The number of Topliss-reactive ketones (excluding diaryl/α,β-unsaturated/α-hetero) is 1. The molecule has 2 atom stereocenters. The molecule has 2 aliphatic rings. The minimum Gasteiger partial charge on any atom is -0.500 e. The molecule has 0 aromatic carbocycles. The van der Waals surface area contributed by atoms with Gasteiger partial charge in [-0.2, -0.15) is 0 Å². The maximum Gasteiger partial charge on any atom is 0.156 e. The van der Waals surface area contributed by atoms with Crippen LogP contribution in [0, 0.1) is 11.8 Å². The highest BCUT2D eigenvalue weighted by Crippen LogP contribution is 2.28. The molecule has 0 aromatic rings. The number of carbonyl (C=O) groups is 1. The van der Waals surface area contributed by atoms with E-state index in [9.17, 15) is 4.79 Å². The first-order chi connectivity index (χ1) is 6.33. The van der Waals surface area contributed by atoms with Crippen LogP contribution in [0.15, 0.2) is 29.1 Å². The first kappa shape index (κ1) is 8.04. The Balaban J connectivity index is 2.26. The fourth-order valence-electron chi connectivity index (χ4n) is 1.56. The number of carbonyl (C=O) groups excluding carboxylic acids is 1. The molecule has 1 N–H and O–H groups in total. The smallest absolute Gasteiger partial charge is 0.156 e. The average molecular weight is 179 g/mol. The predicted molar refractivity (Wildman–Crippen MR) is 45.4 cm³/mol. The SMILES string of the molecule is O=C1C(C=NO)C=CC2=COCC12. The van der Waals surface area contributed by atoms with E-state index >= 15 is 0 Å². The van der Waals surface area contributed by atoms with Crippen molar-refractivity contribution in [3.8, 4) is 0 Å². The highest BCUT2D eigenvalue weighted by molar-refractivity contribution is 6.01. The van der Waals surface area contributed by atoms with E-state index in [1.54, 1.807) is 12.3 Å². The molecule has 0 saturated heterocycles. The van der Waals surface area contributed by atoms with Gasteiger partial charge < -0.3 is 9.94 Å². The zero-order chi connectivity index (χ0) is 9.26. The van der Waals surface area contributed by atoms with Crippen LogP contribution in [0.5, 0.6) is 0 Å². The van der Waals surface area contributed by atoms with Crippen molar-refractivity contribution in [3.63, 3.8) is 0 Å². The van der Waals surface area contributed by atoms with Crippen LogP contribution in [-0.4, -0.2) is 23.8 Å². The molecule has 1 aliphatic carbocycles. The van der Waals surface area contributed by atoms with Crippen LogP contribution in [0.4, 0.5) is 0 Å². The van der Waals surface area contributed by atoms with E-state index in [1.807, 2.05) is 6.08 Å². The minimum atomic E-state index is -0.408. The van der Waals surface area contributed by atoms with Crippen molar-refractivity contribution in [2.45, 2.75) is 0 Å². The van der Waals surface area contributed by atoms with E-state index in [4.69, 9.17) is 9.94 Å². The van der Waals surface area contributed by atoms with Crippen molar-refractivity contribution < 1.29 is 14.7 Å². The van der Waals surface area contributed by atoms with Gasteiger partial charge in [0.25, 0.3) is 0 Å². The summed E-state index contributed by atoms with van der Waals surface area (Å²) in [7, 11) is 0. The lowest BCUT2D eigenvalue weighted by molar-refractivity contribution is -0.123. The van der Waals surface area contributed by atoms with E-state index in [1.165, 1.54) is 6.21 Å². The van der Waals surface area contributed by atoms with Crippen molar-refractivity contribution in [1.82, 2.24) is 0 Å². The Morgan fingerprint density at radius 3 is 3.31 bits per heavy atom. The van der Waals surface area contributed by atoms with E-state index in [-0.39, 0.29) is 11.7 Å². The maximum absolute atomic E-state index is 11.6. The Morgan fingerprint density at radius 1 is 1.69 bits per heavy atom. The van der Waals surface area contributed by atoms with E-state index in [0.29, 0.717) is 6.61 Å². The highest BCUT2D eigenvalue weighted by atomic mass is 16.5. The molecule has 4 nitrogen and oxygen atoms in total. The van der Waals surface area contributed by atoms with Gasteiger partial charge in [-0.1, -0.05) is 12.2 Å². The lowest BCUT2D eigenvalue weighted by atomic mass is 9.84. The third-order valence-corrected chi connectivity index (χ3v) is 2.28. The first-order valence-electron chi connectivity index (χ1n) is 4.04. The number of rotatable bonds is 1. The Hall–Kier alpha value is -1.58. The van der Waals surface area contributed by atoms with Gasteiger partial charge in [0.2, 0.25) is 0 Å². The summed E-state index contributed by atoms with van der Waals surface area (Å²) in [5.74, 6) is -0.550. The number of ketones is 1. The van der Waals surface area contributed by atoms with Crippen LogP contribution in [0.2, 0.25) is 0 Å². The lowest BCUT2D eigenvalue weighted by Gasteiger charge is -2.17. The van der Waals surface area contributed by atoms with Crippen LogP contribution in [0.25, 0.3) is 0 Å². The van der Waals surface area contributed by atoms with Gasteiger partial charge in [0.15, 0.2) is 5.78 Å². The summed E-state index contributed by atoms with van der Waals surface area (Å²) in [4.78, 5) is 11.6. The fourth-order valence-corrected chi connectivity index (χ4v) is 1.56. The van der Waals surface area contributed by atoms with E-state index < -0.39 is 5.92 Å². The van der Waals surface area contributed by atoms with Gasteiger partial charge in [0, 0.05) is 5.57 Å².